The zero-order valence-corrected chi connectivity index (χ0v) is 16.9. The molecule has 0 bridgehead atoms. The number of nitrogens with zero attached hydrogens (tertiary/aromatic N) is 2. The van der Waals surface area contributed by atoms with Gasteiger partial charge >= 0.3 is 0 Å². The highest BCUT2D eigenvalue weighted by molar-refractivity contribution is 5.80. The van der Waals surface area contributed by atoms with Gasteiger partial charge in [0, 0.05) is 19.6 Å². The van der Waals surface area contributed by atoms with E-state index in [1.807, 2.05) is 41.1 Å². The summed E-state index contributed by atoms with van der Waals surface area (Å²) >= 11 is 0. The Kier molecular flexibility index (Phi) is 6.71. The summed E-state index contributed by atoms with van der Waals surface area (Å²) in [7, 11) is 5.21. The van der Waals surface area contributed by atoms with Crippen molar-refractivity contribution in [2.75, 3.05) is 40.9 Å². The van der Waals surface area contributed by atoms with Gasteiger partial charge in [0.05, 0.1) is 20.8 Å². The van der Waals surface area contributed by atoms with E-state index >= 15 is 0 Å². The van der Waals surface area contributed by atoms with Gasteiger partial charge in [-0.25, -0.2) is 0 Å². The van der Waals surface area contributed by atoms with Gasteiger partial charge in [-0.3, -0.25) is 9.69 Å². The lowest BCUT2D eigenvalue weighted by Gasteiger charge is -2.28. The first-order valence-electron chi connectivity index (χ1n) is 9.52. The number of rotatable bonds is 7. The summed E-state index contributed by atoms with van der Waals surface area (Å²) in [6, 6.07) is 16.2. The van der Waals surface area contributed by atoms with E-state index in [0.717, 1.165) is 18.5 Å². The average Bonchev–Trinajstić information content (AvgIpc) is 2.74. The predicted molar refractivity (Wildman–Crippen MR) is 111 cm³/mol. The van der Waals surface area contributed by atoms with Crippen molar-refractivity contribution in [2.24, 2.45) is 0 Å². The highest BCUT2D eigenvalue weighted by atomic mass is 16.5. The van der Waals surface area contributed by atoms with Crippen LogP contribution in [0.5, 0.6) is 11.5 Å². The number of carbonyl (C=O) groups is 1. The molecule has 0 aromatic heterocycles. The summed E-state index contributed by atoms with van der Waals surface area (Å²) in [5, 5.41) is 0. The highest BCUT2D eigenvalue weighted by Gasteiger charge is 2.19. The number of hydrogen-bond donors (Lipinski definition) is 0. The number of likely N-dealkylation sites (N-methyl/N-ethyl adjacent to an activating group) is 1. The van der Waals surface area contributed by atoms with Gasteiger partial charge in [-0.2, -0.15) is 0 Å². The molecule has 2 aromatic rings. The van der Waals surface area contributed by atoms with Gasteiger partial charge in [0.2, 0.25) is 5.91 Å². The Balaban J connectivity index is 1.54. The maximum absolute atomic E-state index is 12.7. The number of ether oxygens (including phenoxy) is 2. The molecular weight excluding hydrogens is 352 g/mol. The van der Waals surface area contributed by atoms with Gasteiger partial charge in [-0.1, -0.05) is 42.5 Å². The Labute approximate surface area is 167 Å². The monoisotopic (exact) mass is 380 g/mol. The third-order valence-electron chi connectivity index (χ3n) is 5.01. The van der Waals surface area contributed by atoms with E-state index in [2.05, 4.69) is 30.3 Å². The Morgan fingerprint density at radius 2 is 1.82 bits per heavy atom. The fraction of sp³-hybridized carbons (Fsp3) is 0.348. The summed E-state index contributed by atoms with van der Waals surface area (Å²) in [6.07, 6.45) is 3.07. The van der Waals surface area contributed by atoms with E-state index < -0.39 is 0 Å². The van der Waals surface area contributed by atoms with Crippen LogP contribution in [0.1, 0.15) is 17.5 Å². The molecule has 148 valence electrons. The van der Waals surface area contributed by atoms with Crippen LogP contribution in [-0.2, 0) is 11.3 Å². The Morgan fingerprint density at radius 3 is 2.46 bits per heavy atom. The first-order valence-corrected chi connectivity index (χ1v) is 9.52. The predicted octanol–water partition coefficient (Wildman–Crippen LogP) is 3.45. The molecule has 1 aliphatic rings. The molecular formula is C23H28N2O3. The lowest BCUT2D eigenvalue weighted by molar-refractivity contribution is -0.131. The number of benzene rings is 2. The van der Waals surface area contributed by atoms with Crippen LogP contribution in [0.3, 0.4) is 0 Å². The second-order valence-electron chi connectivity index (χ2n) is 7.05. The number of methoxy groups -OCH3 is 2. The Hall–Kier alpha value is -2.79. The molecule has 0 saturated carbocycles. The summed E-state index contributed by atoms with van der Waals surface area (Å²) in [4.78, 5) is 16.6. The summed E-state index contributed by atoms with van der Waals surface area (Å²) < 4.78 is 10.6. The minimum atomic E-state index is 0.159. The molecule has 28 heavy (non-hydrogen) atoms. The van der Waals surface area contributed by atoms with Crippen molar-refractivity contribution in [3.63, 3.8) is 0 Å². The van der Waals surface area contributed by atoms with Crippen molar-refractivity contribution in [1.82, 2.24) is 9.80 Å². The van der Waals surface area contributed by atoms with Crippen molar-refractivity contribution in [2.45, 2.75) is 13.0 Å². The van der Waals surface area contributed by atoms with E-state index in [-0.39, 0.29) is 5.91 Å². The molecule has 1 heterocycles. The standard InChI is InChI=1S/C23H28N2O3/c1-24(16-18-9-10-21(27-2)22(15-18)28-3)17-23(26)25-13-11-20(12-14-25)19-7-5-4-6-8-19/h4-11,15H,12-14,16-17H2,1-3H3. The van der Waals surface area contributed by atoms with Crippen molar-refractivity contribution in [3.05, 3.63) is 65.7 Å². The zero-order chi connectivity index (χ0) is 19.9. The normalized spacial score (nSPS) is 14.0. The molecule has 2 aromatic carbocycles. The smallest absolute Gasteiger partial charge is 0.237 e. The van der Waals surface area contributed by atoms with Crippen LogP contribution in [-0.4, -0.2) is 56.6 Å². The Bertz CT molecular complexity index is 833. The fourth-order valence-corrected chi connectivity index (χ4v) is 3.49. The van der Waals surface area contributed by atoms with Crippen LogP contribution in [0, 0.1) is 0 Å². The van der Waals surface area contributed by atoms with E-state index in [9.17, 15) is 4.79 Å². The van der Waals surface area contributed by atoms with Crippen LogP contribution < -0.4 is 9.47 Å². The highest BCUT2D eigenvalue weighted by Crippen LogP contribution is 2.28. The number of carbonyl (C=O) groups excluding carboxylic acids is 1. The molecule has 0 atom stereocenters. The third kappa shape index (κ3) is 4.93. The quantitative estimate of drug-likeness (QED) is 0.738. The maximum atomic E-state index is 12.7. The molecule has 0 N–H and O–H groups in total. The maximum Gasteiger partial charge on any atom is 0.237 e. The van der Waals surface area contributed by atoms with Crippen LogP contribution in [0.4, 0.5) is 0 Å². The van der Waals surface area contributed by atoms with Crippen molar-refractivity contribution in [3.8, 4) is 11.5 Å². The summed E-state index contributed by atoms with van der Waals surface area (Å²) in [5.41, 5.74) is 3.65. The van der Waals surface area contributed by atoms with Crippen molar-refractivity contribution >= 4 is 11.5 Å². The largest absolute Gasteiger partial charge is 0.493 e. The molecule has 3 rings (SSSR count). The van der Waals surface area contributed by atoms with E-state index in [0.29, 0.717) is 31.1 Å². The summed E-state index contributed by atoms with van der Waals surface area (Å²) in [6.45, 7) is 2.50. The van der Waals surface area contributed by atoms with Crippen molar-refractivity contribution < 1.29 is 14.3 Å². The van der Waals surface area contributed by atoms with Gasteiger partial charge in [-0.05, 0) is 42.3 Å². The number of hydrogen-bond acceptors (Lipinski definition) is 4. The molecule has 0 unspecified atom stereocenters. The first-order chi connectivity index (χ1) is 13.6. The molecule has 0 saturated heterocycles. The fourth-order valence-electron chi connectivity index (χ4n) is 3.49. The van der Waals surface area contributed by atoms with Gasteiger partial charge < -0.3 is 14.4 Å². The van der Waals surface area contributed by atoms with Crippen LogP contribution in [0.25, 0.3) is 5.57 Å². The molecule has 0 aliphatic carbocycles. The van der Waals surface area contributed by atoms with Crippen LogP contribution in [0.2, 0.25) is 0 Å². The van der Waals surface area contributed by atoms with Crippen molar-refractivity contribution in [1.29, 1.82) is 0 Å². The van der Waals surface area contributed by atoms with E-state index in [4.69, 9.17) is 9.47 Å². The van der Waals surface area contributed by atoms with Gasteiger partial charge in [0.25, 0.3) is 0 Å². The second kappa shape index (κ2) is 9.42. The minimum absolute atomic E-state index is 0.159. The van der Waals surface area contributed by atoms with Gasteiger partial charge in [-0.15, -0.1) is 0 Å². The third-order valence-corrected chi connectivity index (χ3v) is 5.01. The molecule has 0 spiro atoms. The SMILES string of the molecule is COc1ccc(CN(C)CC(=O)N2CC=C(c3ccccc3)CC2)cc1OC. The zero-order valence-electron chi connectivity index (χ0n) is 16.9. The second-order valence-corrected chi connectivity index (χ2v) is 7.05. The lowest BCUT2D eigenvalue weighted by atomic mass is 9.99. The van der Waals surface area contributed by atoms with Gasteiger partial charge in [0.15, 0.2) is 11.5 Å². The van der Waals surface area contributed by atoms with Gasteiger partial charge in [0.1, 0.15) is 0 Å². The van der Waals surface area contributed by atoms with Crippen LogP contribution >= 0.6 is 0 Å². The first kappa shape index (κ1) is 20.0. The molecule has 5 heteroatoms. The average molecular weight is 380 g/mol. The molecule has 0 fully saturated rings. The molecule has 5 nitrogen and oxygen atoms in total. The van der Waals surface area contributed by atoms with E-state index in [1.54, 1.807) is 14.2 Å². The van der Waals surface area contributed by atoms with Crippen LogP contribution in [0.15, 0.2) is 54.6 Å². The van der Waals surface area contributed by atoms with E-state index in [1.165, 1.54) is 11.1 Å². The molecule has 1 aliphatic heterocycles. The topological polar surface area (TPSA) is 42.0 Å². The summed E-state index contributed by atoms with van der Waals surface area (Å²) in [5.74, 6) is 1.57. The molecule has 0 radical (unpaired) electrons. The minimum Gasteiger partial charge on any atom is -0.493 e. The number of amides is 1. The molecule has 1 amide bonds. The lowest BCUT2D eigenvalue weighted by Crippen LogP contribution is -2.40. The Morgan fingerprint density at radius 1 is 1.07 bits per heavy atom.